The maximum absolute atomic E-state index is 13.8. The summed E-state index contributed by atoms with van der Waals surface area (Å²) in [6.07, 6.45) is -4.52. The largest absolute Gasteiger partial charge is 0.497 e. The third kappa shape index (κ3) is 4.19. The molecule has 0 spiro atoms. The Balaban J connectivity index is 1.74. The van der Waals surface area contributed by atoms with E-state index in [2.05, 4.69) is 9.97 Å². The van der Waals surface area contributed by atoms with Gasteiger partial charge in [-0.15, -0.1) is 0 Å². The first-order valence-electron chi connectivity index (χ1n) is 10.8. The van der Waals surface area contributed by atoms with Crippen LogP contribution in [0.25, 0.3) is 38.9 Å². The molecule has 0 saturated heterocycles. The number of fused-ring (bicyclic) bond motifs is 2. The molecule has 184 valence electrons. The fraction of sp³-hybridized carbons (Fsp3) is 0.160. The maximum Gasteiger partial charge on any atom is 0.422 e. The number of halogens is 3. The third-order valence-electron chi connectivity index (χ3n) is 5.77. The Labute approximate surface area is 202 Å². The van der Waals surface area contributed by atoms with Crippen molar-refractivity contribution < 1.29 is 22.6 Å². The van der Waals surface area contributed by atoms with E-state index in [9.17, 15) is 18.0 Å². The number of nitrogens with two attached hydrogens (primary N) is 1. The molecule has 3 heterocycles. The molecule has 0 saturated carbocycles. The number of hydrogen-bond acceptors (Lipinski definition) is 6. The SMILES string of the molecule is COc1ccc(-n2c(=O)c(-c3ccc4nc(N)n(C)c4c3)cc3ccc(OCC(F)(F)F)nc32)cc1. The number of hydrogen-bond donors (Lipinski definition) is 1. The van der Waals surface area contributed by atoms with Crippen molar-refractivity contribution in [2.75, 3.05) is 19.5 Å². The molecular formula is C25H20F3N5O3. The fourth-order valence-corrected chi connectivity index (χ4v) is 3.96. The predicted molar refractivity (Wildman–Crippen MR) is 130 cm³/mol. The number of pyridine rings is 2. The van der Waals surface area contributed by atoms with E-state index in [1.54, 1.807) is 60.1 Å². The van der Waals surface area contributed by atoms with Gasteiger partial charge >= 0.3 is 6.18 Å². The fourth-order valence-electron chi connectivity index (χ4n) is 3.96. The molecule has 5 aromatic rings. The molecule has 11 heteroatoms. The third-order valence-corrected chi connectivity index (χ3v) is 5.77. The zero-order valence-electron chi connectivity index (χ0n) is 19.2. The maximum atomic E-state index is 13.8. The van der Waals surface area contributed by atoms with E-state index >= 15 is 0 Å². The summed E-state index contributed by atoms with van der Waals surface area (Å²) in [5.74, 6) is 0.668. The highest BCUT2D eigenvalue weighted by Crippen LogP contribution is 2.28. The Morgan fingerprint density at radius 3 is 2.44 bits per heavy atom. The molecular weight excluding hydrogens is 475 g/mol. The van der Waals surface area contributed by atoms with Crippen molar-refractivity contribution >= 4 is 28.0 Å². The second kappa shape index (κ2) is 8.59. The molecule has 0 aliphatic carbocycles. The van der Waals surface area contributed by atoms with Crippen LogP contribution in [0.5, 0.6) is 11.6 Å². The molecule has 36 heavy (non-hydrogen) atoms. The summed E-state index contributed by atoms with van der Waals surface area (Å²) >= 11 is 0. The van der Waals surface area contributed by atoms with Gasteiger partial charge in [0.1, 0.15) is 5.75 Å². The summed E-state index contributed by atoms with van der Waals surface area (Å²) in [6, 6.07) is 16.6. The highest BCUT2D eigenvalue weighted by molar-refractivity contribution is 5.87. The van der Waals surface area contributed by atoms with Crippen LogP contribution in [-0.4, -0.2) is 39.0 Å². The Bertz CT molecular complexity index is 1660. The normalized spacial score (nSPS) is 11.8. The van der Waals surface area contributed by atoms with Gasteiger partial charge in [-0.05, 0) is 54.1 Å². The van der Waals surface area contributed by atoms with Crippen molar-refractivity contribution in [1.29, 1.82) is 0 Å². The first-order chi connectivity index (χ1) is 17.1. The summed E-state index contributed by atoms with van der Waals surface area (Å²) in [5.41, 5.74) is 8.53. The molecule has 0 bridgehead atoms. The van der Waals surface area contributed by atoms with Gasteiger partial charge in [0, 0.05) is 24.1 Å². The average Bonchev–Trinajstić information content (AvgIpc) is 3.14. The molecule has 5 rings (SSSR count). The number of ether oxygens (including phenoxy) is 2. The van der Waals surface area contributed by atoms with Gasteiger partial charge < -0.3 is 19.8 Å². The minimum absolute atomic E-state index is 0.152. The van der Waals surface area contributed by atoms with Crippen LogP contribution in [0.4, 0.5) is 19.1 Å². The van der Waals surface area contributed by atoms with Crippen molar-refractivity contribution in [3.05, 3.63) is 71.0 Å². The van der Waals surface area contributed by atoms with Gasteiger partial charge in [-0.1, -0.05) is 6.07 Å². The molecule has 3 aromatic heterocycles. The molecule has 2 N–H and O–H groups in total. The van der Waals surface area contributed by atoms with E-state index in [1.807, 2.05) is 6.07 Å². The van der Waals surface area contributed by atoms with Crippen LogP contribution in [-0.2, 0) is 7.05 Å². The summed E-state index contributed by atoms with van der Waals surface area (Å²) < 4.78 is 51.1. The van der Waals surface area contributed by atoms with Crippen molar-refractivity contribution in [3.63, 3.8) is 0 Å². The molecule has 0 aliphatic rings. The Morgan fingerprint density at radius 2 is 1.75 bits per heavy atom. The molecule has 8 nitrogen and oxygen atoms in total. The smallest absolute Gasteiger partial charge is 0.422 e. The lowest BCUT2D eigenvalue weighted by Crippen LogP contribution is -2.22. The molecule has 0 atom stereocenters. The molecule has 0 aliphatic heterocycles. The summed E-state index contributed by atoms with van der Waals surface area (Å²) in [5, 5.41) is 0.532. The van der Waals surface area contributed by atoms with Gasteiger partial charge in [-0.25, -0.2) is 4.98 Å². The van der Waals surface area contributed by atoms with Crippen molar-refractivity contribution in [3.8, 4) is 28.4 Å². The second-order valence-electron chi connectivity index (χ2n) is 8.10. The van der Waals surface area contributed by atoms with Crippen LogP contribution in [0.2, 0.25) is 0 Å². The predicted octanol–water partition coefficient (Wildman–Crippen LogP) is 4.47. The molecule has 2 aromatic carbocycles. The van der Waals surface area contributed by atoms with Crippen LogP contribution >= 0.6 is 0 Å². The Kier molecular flexibility index (Phi) is 5.54. The van der Waals surface area contributed by atoms with Crippen molar-refractivity contribution in [2.24, 2.45) is 7.05 Å². The molecule has 0 amide bonds. The zero-order chi connectivity index (χ0) is 25.6. The van der Waals surface area contributed by atoms with Crippen LogP contribution in [0.3, 0.4) is 0 Å². The summed E-state index contributed by atoms with van der Waals surface area (Å²) in [4.78, 5) is 22.3. The van der Waals surface area contributed by atoms with Crippen LogP contribution < -0.4 is 20.8 Å². The van der Waals surface area contributed by atoms with Gasteiger partial charge in [-0.2, -0.15) is 18.2 Å². The highest BCUT2D eigenvalue weighted by atomic mass is 19.4. The minimum Gasteiger partial charge on any atom is -0.497 e. The van der Waals surface area contributed by atoms with Crippen LogP contribution in [0.15, 0.2) is 65.5 Å². The highest BCUT2D eigenvalue weighted by Gasteiger charge is 2.29. The lowest BCUT2D eigenvalue weighted by Gasteiger charge is -2.15. The van der Waals surface area contributed by atoms with E-state index in [0.717, 1.165) is 5.52 Å². The van der Waals surface area contributed by atoms with Gasteiger partial charge in [0.25, 0.3) is 5.56 Å². The van der Waals surface area contributed by atoms with Crippen molar-refractivity contribution in [1.82, 2.24) is 19.1 Å². The number of anilines is 1. The second-order valence-corrected chi connectivity index (χ2v) is 8.10. The van der Waals surface area contributed by atoms with Gasteiger partial charge in [0.15, 0.2) is 12.3 Å². The Hall–Kier alpha value is -4.54. The lowest BCUT2D eigenvalue weighted by atomic mass is 10.0. The first kappa shape index (κ1) is 23.2. The first-order valence-corrected chi connectivity index (χ1v) is 10.8. The summed E-state index contributed by atoms with van der Waals surface area (Å²) in [7, 11) is 3.29. The monoisotopic (exact) mass is 495 g/mol. The number of nitrogens with zero attached hydrogens (tertiary/aromatic N) is 4. The van der Waals surface area contributed by atoms with E-state index in [-0.39, 0.29) is 11.5 Å². The number of aromatic nitrogens is 4. The summed E-state index contributed by atoms with van der Waals surface area (Å²) in [6.45, 7) is -1.50. The average molecular weight is 495 g/mol. The number of alkyl halides is 3. The number of methoxy groups -OCH3 is 1. The van der Waals surface area contributed by atoms with E-state index < -0.39 is 18.3 Å². The van der Waals surface area contributed by atoms with Gasteiger partial charge in [0.2, 0.25) is 11.8 Å². The topological polar surface area (TPSA) is 97.2 Å². The van der Waals surface area contributed by atoms with E-state index in [1.165, 1.54) is 17.7 Å². The number of aryl methyl sites for hydroxylation is 1. The lowest BCUT2D eigenvalue weighted by molar-refractivity contribution is -0.154. The van der Waals surface area contributed by atoms with Crippen LogP contribution in [0.1, 0.15) is 0 Å². The standard InChI is InChI=1S/C25H20F3N5O3/c1-32-20-12-14(3-9-19(20)30-24(32)29)18-11-15-4-10-21(36-13-25(26,27)28)31-22(15)33(23(18)34)16-5-7-17(35-2)8-6-16/h3-12H,13H2,1-2H3,(H2,29,30). The zero-order valence-corrected chi connectivity index (χ0v) is 19.2. The number of imidazole rings is 1. The molecule has 0 fully saturated rings. The van der Waals surface area contributed by atoms with Gasteiger partial charge in [-0.3, -0.25) is 9.36 Å². The number of nitrogen functional groups attached to an aromatic ring is 1. The van der Waals surface area contributed by atoms with Gasteiger partial charge in [0.05, 0.1) is 23.8 Å². The van der Waals surface area contributed by atoms with E-state index in [0.29, 0.717) is 39.4 Å². The Morgan fingerprint density at radius 1 is 1.00 bits per heavy atom. The minimum atomic E-state index is -4.52. The van der Waals surface area contributed by atoms with Crippen molar-refractivity contribution in [2.45, 2.75) is 6.18 Å². The molecule has 0 unspecified atom stereocenters. The quantitative estimate of drug-likeness (QED) is 0.387. The number of rotatable bonds is 5. The molecule has 0 radical (unpaired) electrons. The van der Waals surface area contributed by atoms with Crippen LogP contribution in [0, 0.1) is 0 Å². The van der Waals surface area contributed by atoms with E-state index in [4.69, 9.17) is 15.2 Å². The number of benzene rings is 2.